The molecule has 1 rings (SSSR count). The smallest absolute Gasteiger partial charge is 0.165 e. The summed E-state index contributed by atoms with van der Waals surface area (Å²) >= 11 is 0. The zero-order valence-electron chi connectivity index (χ0n) is 11.2. The highest BCUT2D eigenvalue weighted by atomic mass is 19.1. The van der Waals surface area contributed by atoms with Crippen LogP contribution < -0.4 is 14.8 Å². The Hall–Kier alpha value is -1.29. The second-order valence-electron chi connectivity index (χ2n) is 3.89. The highest BCUT2D eigenvalue weighted by Crippen LogP contribution is 2.31. The second-order valence-corrected chi connectivity index (χ2v) is 3.89. The Bertz CT molecular complexity index is 345. The van der Waals surface area contributed by atoms with Crippen LogP contribution in [0, 0.1) is 0 Å². The van der Waals surface area contributed by atoms with E-state index < -0.39 is 6.67 Å². The van der Waals surface area contributed by atoms with E-state index in [4.69, 9.17) is 9.47 Å². The summed E-state index contributed by atoms with van der Waals surface area (Å²) in [5, 5.41) is 3.31. The van der Waals surface area contributed by atoms with Crippen LogP contribution in [0.3, 0.4) is 0 Å². The van der Waals surface area contributed by atoms with Gasteiger partial charge in [0.1, 0.15) is 13.3 Å². The van der Waals surface area contributed by atoms with Crippen LogP contribution >= 0.6 is 0 Å². The summed E-state index contributed by atoms with van der Waals surface area (Å²) < 4.78 is 23.2. The molecule has 0 unspecified atom stereocenters. The number of nitrogens with one attached hydrogen (secondary N) is 1. The van der Waals surface area contributed by atoms with E-state index in [0.717, 1.165) is 18.5 Å². The largest absolute Gasteiger partial charge is 0.490 e. The Morgan fingerprint density at radius 2 is 2.06 bits per heavy atom. The van der Waals surface area contributed by atoms with E-state index in [9.17, 15) is 4.39 Å². The average Bonchev–Trinajstić information content (AvgIpc) is 2.38. The number of rotatable bonds is 9. The highest BCUT2D eigenvalue weighted by Gasteiger charge is 2.10. The molecule has 0 fully saturated rings. The standard InChI is InChI=1S/C14H22FNO2/c1-3-9-16-11-12-6-5-7-13(17-4-2)14(12)18-10-8-15/h5-7,16H,3-4,8-11H2,1-2H3. The fourth-order valence-electron chi connectivity index (χ4n) is 1.67. The van der Waals surface area contributed by atoms with E-state index in [1.165, 1.54) is 0 Å². The molecule has 0 bridgehead atoms. The molecule has 0 atom stereocenters. The lowest BCUT2D eigenvalue weighted by Crippen LogP contribution is -2.15. The maximum Gasteiger partial charge on any atom is 0.165 e. The van der Waals surface area contributed by atoms with Crippen molar-refractivity contribution in [3.05, 3.63) is 23.8 Å². The van der Waals surface area contributed by atoms with Gasteiger partial charge in [-0.05, 0) is 26.0 Å². The molecule has 0 heterocycles. The van der Waals surface area contributed by atoms with Gasteiger partial charge in [-0.1, -0.05) is 19.1 Å². The topological polar surface area (TPSA) is 30.5 Å². The zero-order chi connectivity index (χ0) is 13.2. The van der Waals surface area contributed by atoms with Crippen LogP contribution in [-0.4, -0.2) is 26.4 Å². The Kier molecular flexibility index (Phi) is 7.18. The van der Waals surface area contributed by atoms with Crippen LogP contribution in [-0.2, 0) is 6.54 Å². The monoisotopic (exact) mass is 255 g/mol. The van der Waals surface area contributed by atoms with Gasteiger partial charge in [-0.25, -0.2) is 4.39 Å². The summed E-state index contributed by atoms with van der Waals surface area (Å²) in [6, 6.07) is 5.75. The quantitative estimate of drug-likeness (QED) is 0.688. The van der Waals surface area contributed by atoms with Gasteiger partial charge >= 0.3 is 0 Å². The first kappa shape index (κ1) is 14.8. The third kappa shape index (κ3) is 4.53. The van der Waals surface area contributed by atoms with Crippen LogP contribution in [0.4, 0.5) is 4.39 Å². The van der Waals surface area contributed by atoms with E-state index in [2.05, 4.69) is 12.2 Å². The average molecular weight is 255 g/mol. The number of halogens is 1. The zero-order valence-corrected chi connectivity index (χ0v) is 11.2. The first-order valence-corrected chi connectivity index (χ1v) is 6.47. The molecule has 4 heteroatoms. The number of hydrogen-bond donors (Lipinski definition) is 1. The molecule has 0 radical (unpaired) electrons. The molecule has 0 aliphatic carbocycles. The number of benzene rings is 1. The predicted octanol–water partition coefficient (Wildman–Crippen LogP) is 2.93. The van der Waals surface area contributed by atoms with Gasteiger partial charge in [0.05, 0.1) is 6.61 Å². The second kappa shape index (κ2) is 8.75. The van der Waals surface area contributed by atoms with E-state index >= 15 is 0 Å². The normalized spacial score (nSPS) is 10.4. The molecule has 0 aromatic heterocycles. The fourth-order valence-corrected chi connectivity index (χ4v) is 1.67. The maximum absolute atomic E-state index is 12.3. The van der Waals surface area contributed by atoms with Gasteiger partial charge in [-0.2, -0.15) is 0 Å². The summed E-state index contributed by atoms with van der Waals surface area (Å²) in [6.07, 6.45) is 1.08. The van der Waals surface area contributed by atoms with E-state index in [0.29, 0.717) is 24.7 Å². The lowest BCUT2D eigenvalue weighted by molar-refractivity contribution is 0.249. The molecule has 0 spiro atoms. The van der Waals surface area contributed by atoms with Gasteiger partial charge in [-0.3, -0.25) is 0 Å². The molecule has 0 amide bonds. The van der Waals surface area contributed by atoms with Crippen LogP contribution in [0.1, 0.15) is 25.8 Å². The van der Waals surface area contributed by atoms with Crippen LogP contribution in [0.15, 0.2) is 18.2 Å². The summed E-state index contributed by atoms with van der Waals surface area (Å²) in [4.78, 5) is 0. The van der Waals surface area contributed by atoms with Crippen molar-refractivity contribution >= 4 is 0 Å². The number of hydrogen-bond acceptors (Lipinski definition) is 3. The van der Waals surface area contributed by atoms with Crippen molar-refractivity contribution in [3.8, 4) is 11.5 Å². The van der Waals surface area contributed by atoms with Crippen LogP contribution in [0.5, 0.6) is 11.5 Å². The van der Waals surface area contributed by atoms with Crippen molar-refractivity contribution in [2.75, 3.05) is 26.4 Å². The lowest BCUT2D eigenvalue weighted by atomic mass is 10.2. The summed E-state index contributed by atoms with van der Waals surface area (Å²) in [6.45, 7) is 5.81. The molecule has 0 saturated heterocycles. The lowest BCUT2D eigenvalue weighted by Gasteiger charge is -2.15. The molecule has 0 aliphatic rings. The Balaban J connectivity index is 2.80. The number of para-hydroxylation sites is 1. The Morgan fingerprint density at radius 3 is 2.72 bits per heavy atom. The van der Waals surface area contributed by atoms with Crippen molar-refractivity contribution in [2.45, 2.75) is 26.8 Å². The third-order valence-corrected chi connectivity index (χ3v) is 2.43. The molecule has 18 heavy (non-hydrogen) atoms. The minimum atomic E-state index is -0.498. The maximum atomic E-state index is 12.3. The number of ether oxygens (including phenoxy) is 2. The van der Waals surface area contributed by atoms with Gasteiger partial charge < -0.3 is 14.8 Å². The van der Waals surface area contributed by atoms with Crippen molar-refractivity contribution in [1.82, 2.24) is 5.32 Å². The van der Waals surface area contributed by atoms with E-state index in [-0.39, 0.29) is 6.61 Å². The molecule has 3 nitrogen and oxygen atoms in total. The van der Waals surface area contributed by atoms with Gasteiger partial charge in [-0.15, -0.1) is 0 Å². The minimum absolute atomic E-state index is 0.0604. The molecule has 0 saturated carbocycles. The number of alkyl halides is 1. The summed E-state index contributed by atoms with van der Waals surface area (Å²) in [5.74, 6) is 1.34. The summed E-state index contributed by atoms with van der Waals surface area (Å²) in [7, 11) is 0. The van der Waals surface area contributed by atoms with Gasteiger partial charge in [0.2, 0.25) is 0 Å². The van der Waals surface area contributed by atoms with Crippen molar-refractivity contribution in [1.29, 1.82) is 0 Å². The highest BCUT2D eigenvalue weighted by molar-refractivity contribution is 5.46. The van der Waals surface area contributed by atoms with Gasteiger partial charge in [0.25, 0.3) is 0 Å². The van der Waals surface area contributed by atoms with Crippen molar-refractivity contribution < 1.29 is 13.9 Å². The Labute approximate surface area is 108 Å². The molecule has 0 aliphatic heterocycles. The van der Waals surface area contributed by atoms with E-state index in [1.807, 2.05) is 25.1 Å². The minimum Gasteiger partial charge on any atom is -0.490 e. The van der Waals surface area contributed by atoms with Crippen LogP contribution in [0.2, 0.25) is 0 Å². The van der Waals surface area contributed by atoms with Crippen molar-refractivity contribution in [2.24, 2.45) is 0 Å². The predicted molar refractivity (Wildman–Crippen MR) is 71.1 cm³/mol. The third-order valence-electron chi connectivity index (χ3n) is 2.43. The SMILES string of the molecule is CCCNCc1cccc(OCC)c1OCCF. The first-order valence-electron chi connectivity index (χ1n) is 6.47. The molecule has 1 N–H and O–H groups in total. The van der Waals surface area contributed by atoms with E-state index in [1.54, 1.807) is 0 Å². The molecular weight excluding hydrogens is 233 g/mol. The van der Waals surface area contributed by atoms with Gasteiger partial charge in [0.15, 0.2) is 11.5 Å². The fraction of sp³-hybridized carbons (Fsp3) is 0.571. The molecule has 1 aromatic carbocycles. The molecular formula is C14H22FNO2. The van der Waals surface area contributed by atoms with Crippen LogP contribution in [0.25, 0.3) is 0 Å². The molecule has 102 valence electrons. The van der Waals surface area contributed by atoms with Crippen molar-refractivity contribution in [3.63, 3.8) is 0 Å². The first-order chi connectivity index (χ1) is 8.83. The van der Waals surface area contributed by atoms with Gasteiger partial charge in [0, 0.05) is 12.1 Å². The Morgan fingerprint density at radius 1 is 1.22 bits per heavy atom. The summed E-state index contributed by atoms with van der Waals surface area (Å²) in [5.41, 5.74) is 1.00. The molecule has 1 aromatic rings.